The standard InChI is InChI=1S/C17H19FN2O/c1-21-16-8-4-6-13(17(16)18)10-20-11-14(19)9-12-5-2-3-7-15(12)20/h2-8,14H,9-11,19H2,1H3. The fraction of sp³-hybridized carbons (Fsp3) is 0.294. The molecule has 0 radical (unpaired) electrons. The van der Waals surface area contributed by atoms with Gasteiger partial charge < -0.3 is 15.4 Å². The van der Waals surface area contributed by atoms with Crippen molar-refractivity contribution in [2.45, 2.75) is 19.0 Å². The van der Waals surface area contributed by atoms with Crippen molar-refractivity contribution in [2.24, 2.45) is 5.73 Å². The monoisotopic (exact) mass is 286 g/mol. The van der Waals surface area contributed by atoms with E-state index in [0.717, 1.165) is 18.7 Å². The highest BCUT2D eigenvalue weighted by atomic mass is 19.1. The highest BCUT2D eigenvalue weighted by Gasteiger charge is 2.23. The van der Waals surface area contributed by atoms with E-state index in [1.807, 2.05) is 18.2 Å². The van der Waals surface area contributed by atoms with Crippen LogP contribution in [0.1, 0.15) is 11.1 Å². The summed E-state index contributed by atoms with van der Waals surface area (Å²) in [5.41, 5.74) is 9.11. The van der Waals surface area contributed by atoms with E-state index in [1.165, 1.54) is 12.7 Å². The molecule has 0 saturated heterocycles. The Morgan fingerprint density at radius 1 is 1.24 bits per heavy atom. The molecule has 0 bridgehead atoms. The zero-order valence-corrected chi connectivity index (χ0v) is 12.1. The molecule has 0 aliphatic carbocycles. The van der Waals surface area contributed by atoms with E-state index in [2.05, 4.69) is 17.0 Å². The van der Waals surface area contributed by atoms with Gasteiger partial charge in [-0.25, -0.2) is 4.39 Å². The molecule has 110 valence electrons. The minimum Gasteiger partial charge on any atom is -0.494 e. The Hall–Kier alpha value is -2.07. The van der Waals surface area contributed by atoms with Gasteiger partial charge in [0.1, 0.15) is 0 Å². The topological polar surface area (TPSA) is 38.5 Å². The van der Waals surface area contributed by atoms with Gasteiger partial charge in [0.15, 0.2) is 11.6 Å². The number of methoxy groups -OCH3 is 1. The summed E-state index contributed by atoms with van der Waals surface area (Å²) in [4.78, 5) is 2.14. The smallest absolute Gasteiger partial charge is 0.170 e. The van der Waals surface area contributed by atoms with Crippen LogP contribution in [0.25, 0.3) is 0 Å². The van der Waals surface area contributed by atoms with Gasteiger partial charge >= 0.3 is 0 Å². The number of hydrogen-bond acceptors (Lipinski definition) is 3. The molecule has 1 heterocycles. The SMILES string of the molecule is COc1cccc(CN2CC(N)Cc3ccccc32)c1F. The summed E-state index contributed by atoms with van der Waals surface area (Å²) >= 11 is 0. The van der Waals surface area contributed by atoms with Gasteiger partial charge in [0.2, 0.25) is 0 Å². The molecule has 2 aromatic carbocycles. The zero-order chi connectivity index (χ0) is 14.8. The molecular formula is C17H19FN2O. The lowest BCUT2D eigenvalue weighted by atomic mass is 9.98. The first kappa shape index (κ1) is 13.9. The molecule has 0 aromatic heterocycles. The summed E-state index contributed by atoms with van der Waals surface area (Å²) in [6, 6.07) is 13.5. The van der Waals surface area contributed by atoms with Crippen molar-refractivity contribution >= 4 is 5.69 Å². The van der Waals surface area contributed by atoms with Crippen LogP contribution in [0.4, 0.5) is 10.1 Å². The van der Waals surface area contributed by atoms with E-state index in [1.54, 1.807) is 12.1 Å². The van der Waals surface area contributed by atoms with E-state index < -0.39 is 0 Å². The predicted octanol–water partition coefficient (Wildman–Crippen LogP) is 2.72. The van der Waals surface area contributed by atoms with Crippen molar-refractivity contribution in [1.82, 2.24) is 0 Å². The fourth-order valence-corrected chi connectivity index (χ4v) is 2.91. The Kier molecular flexibility index (Phi) is 3.80. The van der Waals surface area contributed by atoms with Crippen molar-refractivity contribution in [2.75, 3.05) is 18.6 Å². The van der Waals surface area contributed by atoms with Gasteiger partial charge in [0.25, 0.3) is 0 Å². The summed E-state index contributed by atoms with van der Waals surface area (Å²) in [6.07, 6.45) is 0.868. The van der Waals surface area contributed by atoms with Crippen LogP contribution < -0.4 is 15.4 Å². The van der Waals surface area contributed by atoms with Gasteiger partial charge in [0.05, 0.1) is 7.11 Å². The summed E-state index contributed by atoms with van der Waals surface area (Å²) in [5.74, 6) is -0.0151. The van der Waals surface area contributed by atoms with Gasteiger partial charge in [-0.3, -0.25) is 0 Å². The summed E-state index contributed by atoms with van der Waals surface area (Å²) in [5, 5.41) is 0. The quantitative estimate of drug-likeness (QED) is 0.943. The van der Waals surface area contributed by atoms with E-state index >= 15 is 0 Å². The van der Waals surface area contributed by atoms with Gasteiger partial charge in [-0.1, -0.05) is 30.3 Å². The molecular weight excluding hydrogens is 267 g/mol. The maximum Gasteiger partial charge on any atom is 0.170 e. The van der Waals surface area contributed by atoms with E-state index in [4.69, 9.17) is 10.5 Å². The van der Waals surface area contributed by atoms with Crippen LogP contribution in [0, 0.1) is 5.82 Å². The van der Waals surface area contributed by atoms with Crippen LogP contribution >= 0.6 is 0 Å². The van der Waals surface area contributed by atoms with Crippen LogP contribution in [-0.4, -0.2) is 19.7 Å². The number of halogens is 1. The largest absolute Gasteiger partial charge is 0.494 e. The molecule has 3 nitrogen and oxygen atoms in total. The number of hydrogen-bond donors (Lipinski definition) is 1. The Labute approximate surface area is 124 Å². The third kappa shape index (κ3) is 2.72. The number of nitrogens with two attached hydrogens (primary N) is 1. The van der Waals surface area contributed by atoms with Crippen LogP contribution in [0.15, 0.2) is 42.5 Å². The van der Waals surface area contributed by atoms with Crippen molar-refractivity contribution in [3.05, 3.63) is 59.4 Å². The van der Waals surface area contributed by atoms with Gasteiger partial charge in [-0.15, -0.1) is 0 Å². The second-order valence-corrected chi connectivity index (χ2v) is 5.41. The normalized spacial score (nSPS) is 17.5. The van der Waals surface area contributed by atoms with Crippen molar-refractivity contribution in [3.63, 3.8) is 0 Å². The van der Waals surface area contributed by atoms with Crippen molar-refractivity contribution in [3.8, 4) is 5.75 Å². The van der Waals surface area contributed by atoms with Crippen molar-refractivity contribution in [1.29, 1.82) is 0 Å². The average molecular weight is 286 g/mol. The number of anilines is 1. The van der Waals surface area contributed by atoms with Crippen LogP contribution in [-0.2, 0) is 13.0 Å². The van der Waals surface area contributed by atoms with E-state index in [9.17, 15) is 4.39 Å². The minimum atomic E-state index is -0.295. The molecule has 1 unspecified atom stereocenters. The third-order valence-electron chi connectivity index (χ3n) is 3.89. The molecule has 2 N–H and O–H groups in total. The van der Waals surface area contributed by atoms with Crippen LogP contribution in [0.5, 0.6) is 5.75 Å². The molecule has 2 aromatic rings. The molecule has 1 aliphatic heterocycles. The first-order valence-electron chi connectivity index (χ1n) is 7.09. The van der Waals surface area contributed by atoms with Crippen molar-refractivity contribution < 1.29 is 9.13 Å². The highest BCUT2D eigenvalue weighted by molar-refractivity contribution is 5.56. The Morgan fingerprint density at radius 3 is 2.86 bits per heavy atom. The van der Waals surface area contributed by atoms with Gasteiger partial charge in [-0.05, 0) is 24.1 Å². The predicted molar refractivity (Wildman–Crippen MR) is 82.1 cm³/mol. The molecule has 3 rings (SSSR count). The van der Waals surface area contributed by atoms with E-state index in [-0.39, 0.29) is 17.6 Å². The molecule has 1 aliphatic rings. The molecule has 1 atom stereocenters. The third-order valence-corrected chi connectivity index (χ3v) is 3.89. The number of benzene rings is 2. The average Bonchev–Trinajstić information content (AvgIpc) is 2.49. The lowest BCUT2D eigenvalue weighted by molar-refractivity contribution is 0.384. The zero-order valence-electron chi connectivity index (χ0n) is 12.1. The van der Waals surface area contributed by atoms with Crippen LogP contribution in [0.3, 0.4) is 0 Å². The Balaban J connectivity index is 1.92. The fourth-order valence-electron chi connectivity index (χ4n) is 2.91. The Bertz CT molecular complexity index is 644. The van der Waals surface area contributed by atoms with E-state index in [0.29, 0.717) is 12.1 Å². The number of rotatable bonds is 3. The van der Waals surface area contributed by atoms with Gasteiger partial charge in [-0.2, -0.15) is 0 Å². The number of para-hydroxylation sites is 1. The first-order chi connectivity index (χ1) is 10.2. The minimum absolute atomic E-state index is 0.0774. The molecule has 0 saturated carbocycles. The van der Waals surface area contributed by atoms with Gasteiger partial charge in [0, 0.05) is 30.4 Å². The molecule has 0 fully saturated rings. The Morgan fingerprint density at radius 2 is 2.05 bits per heavy atom. The second-order valence-electron chi connectivity index (χ2n) is 5.41. The number of fused-ring (bicyclic) bond motifs is 1. The molecule has 0 spiro atoms. The van der Waals surface area contributed by atoms with Crippen LogP contribution in [0.2, 0.25) is 0 Å². The molecule has 21 heavy (non-hydrogen) atoms. The first-order valence-corrected chi connectivity index (χ1v) is 7.09. The number of nitrogens with zero attached hydrogens (tertiary/aromatic N) is 1. The summed E-state index contributed by atoms with van der Waals surface area (Å²) in [7, 11) is 1.48. The highest BCUT2D eigenvalue weighted by Crippen LogP contribution is 2.29. The maximum absolute atomic E-state index is 14.3. The summed E-state index contributed by atoms with van der Waals surface area (Å²) < 4.78 is 19.4. The lowest BCUT2D eigenvalue weighted by Crippen LogP contribution is -2.43. The molecule has 4 heteroatoms. The lowest BCUT2D eigenvalue weighted by Gasteiger charge is -2.34. The number of ether oxygens (including phenoxy) is 1. The summed E-state index contributed by atoms with van der Waals surface area (Å²) in [6.45, 7) is 1.22. The second kappa shape index (κ2) is 5.74. The maximum atomic E-state index is 14.3. The molecule has 0 amide bonds.